The highest BCUT2D eigenvalue weighted by atomic mass is 16.6. The maximum Gasteiger partial charge on any atom is 0.128 e. The van der Waals surface area contributed by atoms with Gasteiger partial charge in [0.1, 0.15) is 18.1 Å². The average Bonchev–Trinajstić information content (AvgIpc) is 2.58. The Labute approximate surface area is 112 Å². The van der Waals surface area contributed by atoms with Crippen molar-refractivity contribution in [1.82, 2.24) is 0 Å². The summed E-state index contributed by atoms with van der Waals surface area (Å²) in [7, 11) is 0. The second-order valence-corrected chi connectivity index (χ2v) is 4.34. The van der Waals surface area contributed by atoms with Gasteiger partial charge in [0, 0.05) is 17.5 Å². The Hall–Kier alpha value is -2.29. The highest BCUT2D eigenvalue weighted by Gasteiger charge is 2.14. The van der Waals surface area contributed by atoms with Crippen LogP contribution in [-0.4, -0.2) is 18.9 Å². The lowest BCUT2D eigenvalue weighted by Gasteiger charge is -2.11. The predicted molar refractivity (Wildman–Crippen MR) is 74.6 cm³/mol. The van der Waals surface area contributed by atoms with Gasteiger partial charge < -0.3 is 9.57 Å². The van der Waals surface area contributed by atoms with Crippen LogP contribution in [0.5, 0.6) is 5.75 Å². The van der Waals surface area contributed by atoms with Crippen LogP contribution in [0, 0.1) is 0 Å². The van der Waals surface area contributed by atoms with E-state index in [2.05, 4.69) is 5.16 Å². The molecule has 0 saturated carbocycles. The molecule has 3 nitrogen and oxygen atoms in total. The average molecular weight is 253 g/mol. The standard InChI is InChI=1S/C16H15NO2/c1-2-7-13(8-3-1)16-14-9-4-5-10-15(14)18-11-6-12-19-17-16/h1-5,7-10H,6,11-12H2/b17-16-. The third-order valence-corrected chi connectivity index (χ3v) is 2.98. The number of nitrogens with zero attached hydrogens (tertiary/aromatic N) is 1. The summed E-state index contributed by atoms with van der Waals surface area (Å²) >= 11 is 0. The Morgan fingerprint density at radius 1 is 0.842 bits per heavy atom. The van der Waals surface area contributed by atoms with E-state index in [1.54, 1.807) is 0 Å². The van der Waals surface area contributed by atoms with E-state index >= 15 is 0 Å². The summed E-state index contributed by atoms with van der Waals surface area (Å²) in [5.74, 6) is 0.857. The quantitative estimate of drug-likeness (QED) is 0.781. The molecule has 2 aromatic carbocycles. The Balaban J connectivity index is 2.10. The van der Waals surface area contributed by atoms with Crippen LogP contribution in [-0.2, 0) is 4.84 Å². The first-order chi connectivity index (χ1) is 9.45. The summed E-state index contributed by atoms with van der Waals surface area (Å²) in [6.07, 6.45) is 0.833. The normalized spacial score (nSPS) is 17.6. The molecule has 96 valence electrons. The Morgan fingerprint density at radius 2 is 1.63 bits per heavy atom. The van der Waals surface area contributed by atoms with E-state index in [4.69, 9.17) is 9.57 Å². The van der Waals surface area contributed by atoms with Crippen LogP contribution in [0.3, 0.4) is 0 Å². The first kappa shape index (κ1) is 11.8. The summed E-state index contributed by atoms with van der Waals surface area (Å²) in [6.45, 7) is 1.22. The van der Waals surface area contributed by atoms with Gasteiger partial charge in [-0.3, -0.25) is 0 Å². The summed E-state index contributed by atoms with van der Waals surface area (Å²) in [5.41, 5.74) is 2.81. The molecular weight excluding hydrogens is 238 g/mol. The molecule has 0 aliphatic carbocycles. The number of ether oxygens (including phenoxy) is 1. The maximum atomic E-state index is 5.80. The van der Waals surface area contributed by atoms with E-state index in [1.165, 1.54) is 0 Å². The lowest BCUT2D eigenvalue weighted by molar-refractivity contribution is 0.130. The van der Waals surface area contributed by atoms with Crippen molar-refractivity contribution in [3.63, 3.8) is 0 Å². The molecule has 0 fully saturated rings. The molecule has 0 aromatic heterocycles. The molecule has 0 spiro atoms. The van der Waals surface area contributed by atoms with E-state index in [0.717, 1.165) is 29.0 Å². The third kappa shape index (κ3) is 2.60. The molecular formula is C16H15NO2. The fraction of sp³-hybridized carbons (Fsp3) is 0.188. The van der Waals surface area contributed by atoms with Crippen LogP contribution < -0.4 is 4.74 Å². The summed E-state index contributed by atoms with van der Waals surface area (Å²) < 4.78 is 5.80. The summed E-state index contributed by atoms with van der Waals surface area (Å²) in [4.78, 5) is 5.39. The van der Waals surface area contributed by atoms with Gasteiger partial charge in [-0.05, 0) is 12.1 Å². The van der Waals surface area contributed by atoms with Crippen molar-refractivity contribution in [3.8, 4) is 5.75 Å². The van der Waals surface area contributed by atoms with Crippen LogP contribution >= 0.6 is 0 Å². The van der Waals surface area contributed by atoms with Gasteiger partial charge in [0.2, 0.25) is 0 Å². The second kappa shape index (κ2) is 5.57. The van der Waals surface area contributed by atoms with Crippen LogP contribution in [0.2, 0.25) is 0 Å². The second-order valence-electron chi connectivity index (χ2n) is 4.34. The highest BCUT2D eigenvalue weighted by Crippen LogP contribution is 2.23. The minimum atomic E-state index is 0.574. The van der Waals surface area contributed by atoms with Crippen molar-refractivity contribution in [3.05, 3.63) is 65.7 Å². The van der Waals surface area contributed by atoms with Crippen molar-refractivity contribution in [2.45, 2.75) is 6.42 Å². The van der Waals surface area contributed by atoms with E-state index in [9.17, 15) is 0 Å². The van der Waals surface area contributed by atoms with E-state index in [0.29, 0.717) is 13.2 Å². The van der Waals surface area contributed by atoms with E-state index in [-0.39, 0.29) is 0 Å². The molecule has 1 aliphatic heterocycles. The number of hydrogen-bond acceptors (Lipinski definition) is 3. The topological polar surface area (TPSA) is 30.8 Å². The molecule has 3 heteroatoms. The lowest BCUT2D eigenvalue weighted by Crippen LogP contribution is -2.06. The van der Waals surface area contributed by atoms with Crippen LogP contribution in [0.4, 0.5) is 0 Å². The van der Waals surface area contributed by atoms with Crippen molar-refractivity contribution in [1.29, 1.82) is 0 Å². The minimum Gasteiger partial charge on any atom is -0.493 e. The molecule has 0 amide bonds. The molecule has 2 aromatic rings. The van der Waals surface area contributed by atoms with Gasteiger partial charge in [-0.25, -0.2) is 0 Å². The predicted octanol–water partition coefficient (Wildman–Crippen LogP) is 3.24. The summed E-state index contributed by atoms with van der Waals surface area (Å²) in [6, 6.07) is 18.0. The molecule has 0 radical (unpaired) electrons. The molecule has 3 rings (SSSR count). The molecule has 1 heterocycles. The number of benzene rings is 2. The molecule has 1 aliphatic rings. The number of hydrogen-bond donors (Lipinski definition) is 0. The SMILES string of the molecule is c1ccc(/C2=N/OCCCOc3ccccc32)cc1. The van der Waals surface area contributed by atoms with Gasteiger partial charge in [0.05, 0.1) is 6.61 Å². The number of rotatable bonds is 1. The zero-order valence-electron chi connectivity index (χ0n) is 10.6. The van der Waals surface area contributed by atoms with Crippen molar-refractivity contribution in [2.24, 2.45) is 5.16 Å². The van der Waals surface area contributed by atoms with Gasteiger partial charge >= 0.3 is 0 Å². The van der Waals surface area contributed by atoms with Crippen molar-refractivity contribution < 1.29 is 9.57 Å². The number of fused-ring (bicyclic) bond motifs is 1. The fourth-order valence-electron chi connectivity index (χ4n) is 2.06. The van der Waals surface area contributed by atoms with Gasteiger partial charge in [0.15, 0.2) is 0 Å². The van der Waals surface area contributed by atoms with Gasteiger partial charge in [-0.1, -0.05) is 47.6 Å². The van der Waals surface area contributed by atoms with Crippen LogP contribution in [0.15, 0.2) is 59.8 Å². The highest BCUT2D eigenvalue weighted by molar-refractivity contribution is 6.14. The first-order valence-corrected chi connectivity index (χ1v) is 6.43. The Kier molecular flexibility index (Phi) is 3.45. The van der Waals surface area contributed by atoms with Gasteiger partial charge in [-0.15, -0.1) is 0 Å². The molecule has 0 bridgehead atoms. The molecule has 0 atom stereocenters. The zero-order valence-corrected chi connectivity index (χ0v) is 10.6. The van der Waals surface area contributed by atoms with Crippen molar-refractivity contribution >= 4 is 5.71 Å². The first-order valence-electron chi connectivity index (χ1n) is 6.43. The minimum absolute atomic E-state index is 0.574. The number of para-hydroxylation sites is 1. The van der Waals surface area contributed by atoms with E-state index < -0.39 is 0 Å². The Bertz CT molecular complexity index is 578. The van der Waals surface area contributed by atoms with E-state index in [1.807, 2.05) is 54.6 Å². The Morgan fingerprint density at radius 3 is 2.53 bits per heavy atom. The third-order valence-electron chi connectivity index (χ3n) is 2.98. The maximum absolute atomic E-state index is 5.80. The van der Waals surface area contributed by atoms with Crippen LogP contribution in [0.1, 0.15) is 17.5 Å². The monoisotopic (exact) mass is 253 g/mol. The number of oxime groups is 1. The van der Waals surface area contributed by atoms with Gasteiger partial charge in [-0.2, -0.15) is 0 Å². The van der Waals surface area contributed by atoms with Gasteiger partial charge in [0.25, 0.3) is 0 Å². The zero-order chi connectivity index (χ0) is 12.9. The molecule has 0 unspecified atom stereocenters. The smallest absolute Gasteiger partial charge is 0.128 e. The van der Waals surface area contributed by atoms with Crippen LogP contribution in [0.25, 0.3) is 0 Å². The molecule has 0 saturated heterocycles. The fourth-order valence-corrected chi connectivity index (χ4v) is 2.06. The van der Waals surface area contributed by atoms with Crippen molar-refractivity contribution in [2.75, 3.05) is 13.2 Å². The summed E-state index contributed by atoms with van der Waals surface area (Å²) in [5, 5.41) is 4.29. The lowest BCUT2D eigenvalue weighted by atomic mass is 10.0. The molecule has 19 heavy (non-hydrogen) atoms. The largest absolute Gasteiger partial charge is 0.493 e. The molecule has 0 N–H and O–H groups in total.